The number of benzene rings is 2. The van der Waals surface area contributed by atoms with Crippen LogP contribution < -0.4 is 13.7 Å². The zero-order valence-corrected chi connectivity index (χ0v) is 22.6. The van der Waals surface area contributed by atoms with Gasteiger partial charge in [0, 0.05) is 6.42 Å². The van der Waals surface area contributed by atoms with Gasteiger partial charge in [-0.1, -0.05) is 37.1 Å². The second-order valence-electron chi connectivity index (χ2n) is 7.72. The van der Waals surface area contributed by atoms with E-state index in [1.54, 1.807) is 50.3 Å². The van der Waals surface area contributed by atoms with Crippen molar-refractivity contribution in [2.24, 2.45) is 0 Å². The van der Waals surface area contributed by atoms with Crippen LogP contribution >= 0.6 is 11.6 Å². The molecular formula is C26H33ClO8S. The van der Waals surface area contributed by atoms with Gasteiger partial charge in [0.25, 0.3) is 0 Å². The molecule has 2 aromatic carbocycles. The number of carbonyl (C=O) groups excluding carboxylic acids is 1. The Kier molecular flexibility index (Phi) is 11.9. The Labute approximate surface area is 218 Å². The first-order chi connectivity index (χ1) is 17.2. The zero-order valence-electron chi connectivity index (χ0n) is 21.0. The quantitative estimate of drug-likeness (QED) is 0.0971. The Bertz CT molecular complexity index is 1140. The van der Waals surface area contributed by atoms with Gasteiger partial charge < -0.3 is 23.1 Å². The third kappa shape index (κ3) is 9.99. The van der Waals surface area contributed by atoms with Crippen molar-refractivity contribution in [3.05, 3.63) is 58.3 Å². The number of ether oxygens (including phenoxy) is 4. The highest BCUT2D eigenvalue weighted by Crippen LogP contribution is 2.31. The van der Waals surface area contributed by atoms with Gasteiger partial charge in [-0.15, -0.1) is 0 Å². The SMILES string of the molecule is CCCCOc1cc(/C=C(\OCC)C(=O)OCC)ccc1OCCc1ccc(OS(C)(=O)=O)c(Cl)c1. The summed E-state index contributed by atoms with van der Waals surface area (Å²) in [7, 11) is -3.66. The van der Waals surface area contributed by atoms with E-state index in [1.165, 1.54) is 6.07 Å². The van der Waals surface area contributed by atoms with Gasteiger partial charge in [0.1, 0.15) is 0 Å². The molecule has 0 aliphatic carbocycles. The minimum Gasteiger partial charge on any atom is -0.490 e. The van der Waals surface area contributed by atoms with Crippen LogP contribution in [0.5, 0.6) is 17.2 Å². The molecule has 0 aromatic heterocycles. The number of hydrogen-bond acceptors (Lipinski definition) is 8. The van der Waals surface area contributed by atoms with Gasteiger partial charge in [0.15, 0.2) is 17.2 Å². The van der Waals surface area contributed by atoms with E-state index in [4.69, 9.17) is 34.7 Å². The molecule has 8 nitrogen and oxygen atoms in total. The van der Waals surface area contributed by atoms with E-state index in [0.717, 1.165) is 24.7 Å². The summed E-state index contributed by atoms with van der Waals surface area (Å²) in [6, 6.07) is 10.2. The van der Waals surface area contributed by atoms with E-state index in [1.807, 2.05) is 0 Å². The maximum Gasteiger partial charge on any atom is 0.373 e. The lowest BCUT2D eigenvalue weighted by atomic mass is 10.1. The topological polar surface area (TPSA) is 97.4 Å². The molecule has 10 heteroatoms. The van der Waals surface area contributed by atoms with Crippen LogP contribution in [0, 0.1) is 0 Å². The Hall–Kier alpha value is -2.91. The van der Waals surface area contributed by atoms with Crippen molar-refractivity contribution in [1.29, 1.82) is 0 Å². The van der Waals surface area contributed by atoms with Gasteiger partial charge in [-0.25, -0.2) is 4.79 Å². The predicted octanol–water partition coefficient (Wildman–Crippen LogP) is 5.42. The molecule has 0 heterocycles. The summed E-state index contributed by atoms with van der Waals surface area (Å²) < 4.78 is 49.9. The molecule has 36 heavy (non-hydrogen) atoms. The maximum absolute atomic E-state index is 12.2. The van der Waals surface area contributed by atoms with Crippen molar-refractivity contribution < 1.29 is 36.3 Å². The van der Waals surface area contributed by atoms with E-state index in [2.05, 4.69) is 6.92 Å². The fourth-order valence-electron chi connectivity index (χ4n) is 3.05. The summed E-state index contributed by atoms with van der Waals surface area (Å²) in [5, 5.41) is 0.198. The fraction of sp³-hybridized carbons (Fsp3) is 0.423. The first kappa shape index (κ1) is 29.3. The fourth-order valence-corrected chi connectivity index (χ4v) is 3.81. The third-order valence-corrected chi connectivity index (χ3v) is 5.46. The van der Waals surface area contributed by atoms with Crippen LogP contribution in [0.4, 0.5) is 0 Å². The largest absolute Gasteiger partial charge is 0.490 e. The minimum absolute atomic E-state index is 0.0772. The maximum atomic E-state index is 12.2. The number of carbonyl (C=O) groups is 1. The summed E-state index contributed by atoms with van der Waals surface area (Å²) in [6.45, 7) is 7.03. The highest BCUT2D eigenvalue weighted by molar-refractivity contribution is 7.86. The first-order valence-electron chi connectivity index (χ1n) is 11.8. The number of rotatable bonds is 15. The Morgan fingerprint density at radius 2 is 1.61 bits per heavy atom. The number of unbranched alkanes of at least 4 members (excludes halogenated alkanes) is 1. The van der Waals surface area contributed by atoms with Crippen LogP contribution in [0.2, 0.25) is 5.02 Å². The lowest BCUT2D eigenvalue weighted by molar-refractivity contribution is -0.142. The van der Waals surface area contributed by atoms with E-state index < -0.39 is 16.1 Å². The van der Waals surface area contributed by atoms with Crippen LogP contribution in [0.15, 0.2) is 42.2 Å². The van der Waals surface area contributed by atoms with E-state index >= 15 is 0 Å². The molecule has 0 aliphatic rings. The Morgan fingerprint density at radius 1 is 0.917 bits per heavy atom. The highest BCUT2D eigenvalue weighted by atomic mass is 35.5. The van der Waals surface area contributed by atoms with E-state index in [-0.39, 0.29) is 23.1 Å². The van der Waals surface area contributed by atoms with Gasteiger partial charge in [-0.2, -0.15) is 8.42 Å². The number of halogens is 1. The number of esters is 1. The highest BCUT2D eigenvalue weighted by Gasteiger charge is 2.14. The summed E-state index contributed by atoms with van der Waals surface area (Å²) in [6.07, 6.45) is 4.95. The summed E-state index contributed by atoms with van der Waals surface area (Å²) in [5.41, 5.74) is 1.56. The molecule has 0 N–H and O–H groups in total. The summed E-state index contributed by atoms with van der Waals surface area (Å²) in [4.78, 5) is 12.2. The average Bonchev–Trinajstić information content (AvgIpc) is 2.81. The molecule has 0 bridgehead atoms. The van der Waals surface area contributed by atoms with Gasteiger partial charge in [0.05, 0.1) is 37.7 Å². The molecule has 0 amide bonds. The molecule has 0 fully saturated rings. The smallest absolute Gasteiger partial charge is 0.373 e. The zero-order chi connectivity index (χ0) is 26.6. The monoisotopic (exact) mass is 540 g/mol. The van der Waals surface area contributed by atoms with Crippen molar-refractivity contribution in [2.45, 2.75) is 40.0 Å². The lowest BCUT2D eigenvalue weighted by Crippen LogP contribution is -2.10. The Morgan fingerprint density at radius 3 is 2.25 bits per heavy atom. The van der Waals surface area contributed by atoms with E-state index in [0.29, 0.717) is 43.3 Å². The molecular weight excluding hydrogens is 508 g/mol. The van der Waals surface area contributed by atoms with Crippen molar-refractivity contribution in [3.63, 3.8) is 0 Å². The molecule has 0 aliphatic heterocycles. The molecule has 198 valence electrons. The van der Waals surface area contributed by atoms with E-state index in [9.17, 15) is 13.2 Å². The predicted molar refractivity (Wildman–Crippen MR) is 139 cm³/mol. The van der Waals surface area contributed by atoms with Gasteiger partial charge in [-0.05, 0) is 61.7 Å². The second-order valence-corrected chi connectivity index (χ2v) is 9.70. The van der Waals surface area contributed by atoms with Gasteiger partial charge in [-0.3, -0.25) is 0 Å². The van der Waals surface area contributed by atoms with Crippen molar-refractivity contribution in [1.82, 2.24) is 0 Å². The number of hydrogen-bond donors (Lipinski definition) is 0. The molecule has 0 unspecified atom stereocenters. The standard InChI is InChI=1S/C26H33ClO8S/c1-5-8-14-33-24-17-20(18-25(31-6-2)26(28)32-7-3)10-12-23(24)34-15-13-19-9-11-22(21(27)16-19)35-36(4,29)30/h9-12,16-18H,5-8,13-15H2,1-4H3/b25-18-. The first-order valence-corrected chi connectivity index (χ1v) is 13.9. The molecule has 0 atom stereocenters. The van der Waals surface area contributed by atoms with Crippen LogP contribution in [0.3, 0.4) is 0 Å². The summed E-state index contributed by atoms with van der Waals surface area (Å²) >= 11 is 6.15. The van der Waals surface area contributed by atoms with Crippen molar-refractivity contribution in [2.75, 3.05) is 32.7 Å². The molecule has 0 radical (unpaired) electrons. The van der Waals surface area contributed by atoms with Gasteiger partial charge in [0.2, 0.25) is 5.76 Å². The molecule has 0 saturated carbocycles. The van der Waals surface area contributed by atoms with Crippen LogP contribution in [0.1, 0.15) is 44.7 Å². The average molecular weight is 541 g/mol. The Balaban J connectivity index is 2.16. The van der Waals surface area contributed by atoms with Crippen LogP contribution in [-0.4, -0.2) is 47.1 Å². The van der Waals surface area contributed by atoms with Crippen molar-refractivity contribution in [3.8, 4) is 17.2 Å². The third-order valence-electron chi connectivity index (χ3n) is 4.68. The van der Waals surface area contributed by atoms with Crippen LogP contribution in [0.25, 0.3) is 6.08 Å². The molecule has 0 saturated heterocycles. The lowest BCUT2D eigenvalue weighted by Gasteiger charge is -2.14. The van der Waals surface area contributed by atoms with Crippen LogP contribution in [-0.2, 0) is 30.8 Å². The molecule has 0 spiro atoms. The molecule has 2 aromatic rings. The summed E-state index contributed by atoms with van der Waals surface area (Å²) in [5.74, 6) is 0.771. The molecule has 2 rings (SSSR count). The normalized spacial score (nSPS) is 11.6. The van der Waals surface area contributed by atoms with Crippen molar-refractivity contribution >= 4 is 33.8 Å². The second kappa shape index (κ2) is 14.6. The minimum atomic E-state index is -3.66. The van der Waals surface area contributed by atoms with Gasteiger partial charge >= 0.3 is 16.1 Å².